The van der Waals surface area contributed by atoms with Crippen LogP contribution in [-0.4, -0.2) is 42.5 Å². The summed E-state index contributed by atoms with van der Waals surface area (Å²) in [6.07, 6.45) is -1.62. The second kappa shape index (κ2) is 8.60. The number of piperidine rings is 1. The van der Waals surface area contributed by atoms with Crippen LogP contribution < -0.4 is 10.1 Å². The second-order valence-corrected chi connectivity index (χ2v) is 6.83. The number of ether oxygens (including phenoxy) is 1. The molecule has 1 aliphatic rings. The fraction of sp³-hybridized carbons (Fsp3) is 0.400. The number of hydrogen-bond acceptors (Lipinski definition) is 4. The number of hydrogen-bond donors (Lipinski definition) is 1. The lowest BCUT2D eigenvalue weighted by molar-refractivity contribution is -0.137. The van der Waals surface area contributed by atoms with Crippen LogP contribution in [-0.2, 0) is 6.18 Å². The van der Waals surface area contributed by atoms with Crippen LogP contribution in [0.2, 0.25) is 0 Å². The summed E-state index contributed by atoms with van der Waals surface area (Å²) in [6.45, 7) is 2.36. The molecule has 5 nitrogen and oxygen atoms in total. The van der Waals surface area contributed by atoms with Gasteiger partial charge in [0.05, 0.1) is 5.56 Å². The van der Waals surface area contributed by atoms with Gasteiger partial charge < -0.3 is 15.0 Å². The maximum atomic E-state index is 12.7. The molecule has 0 radical (unpaired) electrons. The number of benzene rings is 1. The van der Waals surface area contributed by atoms with Gasteiger partial charge in [-0.05, 0) is 62.7 Å². The zero-order valence-electron chi connectivity index (χ0n) is 15.5. The smallest absolute Gasteiger partial charge is 0.417 e. The Morgan fingerprint density at radius 1 is 1.25 bits per heavy atom. The van der Waals surface area contributed by atoms with E-state index >= 15 is 0 Å². The number of carbonyl (C=O) groups excluding carboxylic acids is 1. The van der Waals surface area contributed by atoms with Gasteiger partial charge in [0.1, 0.15) is 5.75 Å². The predicted molar refractivity (Wildman–Crippen MR) is 98.3 cm³/mol. The average molecular weight is 393 g/mol. The Labute approximate surface area is 161 Å². The Bertz CT molecular complexity index is 790. The maximum Gasteiger partial charge on any atom is 0.417 e. The Morgan fingerprint density at radius 2 is 2.00 bits per heavy atom. The molecule has 0 aliphatic carbocycles. The number of nitrogens with zero attached hydrogens (tertiary/aromatic N) is 2. The summed E-state index contributed by atoms with van der Waals surface area (Å²) < 4.78 is 43.2. The molecule has 2 aromatic rings. The molecule has 1 amide bonds. The van der Waals surface area contributed by atoms with Crippen LogP contribution in [0.3, 0.4) is 0 Å². The van der Waals surface area contributed by atoms with Crippen molar-refractivity contribution in [2.75, 3.05) is 26.7 Å². The molecular weight excluding hydrogens is 371 g/mol. The van der Waals surface area contributed by atoms with Crippen LogP contribution in [0.4, 0.5) is 13.2 Å². The summed E-state index contributed by atoms with van der Waals surface area (Å²) in [4.78, 5) is 18.2. The molecule has 2 heterocycles. The fourth-order valence-electron chi connectivity index (χ4n) is 3.28. The van der Waals surface area contributed by atoms with Crippen LogP contribution >= 0.6 is 0 Å². The van der Waals surface area contributed by atoms with Gasteiger partial charge >= 0.3 is 6.18 Å². The van der Waals surface area contributed by atoms with Crippen LogP contribution in [0.5, 0.6) is 11.6 Å². The number of pyridine rings is 1. The molecule has 1 fully saturated rings. The molecule has 1 N–H and O–H groups in total. The molecule has 0 saturated carbocycles. The van der Waals surface area contributed by atoms with Gasteiger partial charge in [-0.15, -0.1) is 0 Å². The Hall–Kier alpha value is -2.61. The van der Waals surface area contributed by atoms with Crippen molar-refractivity contribution in [3.63, 3.8) is 0 Å². The molecule has 1 aromatic carbocycles. The molecule has 1 saturated heterocycles. The van der Waals surface area contributed by atoms with E-state index < -0.39 is 11.7 Å². The average Bonchev–Trinajstić information content (AvgIpc) is 2.68. The van der Waals surface area contributed by atoms with Crippen LogP contribution in [0, 0.1) is 5.92 Å². The number of likely N-dealkylation sites (tertiary alicyclic amines) is 1. The highest BCUT2D eigenvalue weighted by Gasteiger charge is 2.30. The second-order valence-electron chi connectivity index (χ2n) is 6.83. The van der Waals surface area contributed by atoms with Gasteiger partial charge in [-0.2, -0.15) is 13.2 Å². The third-order valence-electron chi connectivity index (χ3n) is 4.69. The molecule has 0 spiro atoms. The van der Waals surface area contributed by atoms with Crippen molar-refractivity contribution >= 4 is 5.91 Å². The van der Waals surface area contributed by atoms with Crippen molar-refractivity contribution in [3.05, 3.63) is 53.7 Å². The third kappa shape index (κ3) is 5.01. The van der Waals surface area contributed by atoms with E-state index in [1.807, 2.05) is 11.9 Å². The van der Waals surface area contributed by atoms with Crippen molar-refractivity contribution in [1.82, 2.24) is 15.2 Å². The summed E-state index contributed by atoms with van der Waals surface area (Å²) >= 11 is 0. The van der Waals surface area contributed by atoms with Crippen LogP contribution in [0.25, 0.3) is 0 Å². The number of amides is 1. The molecule has 1 aromatic heterocycles. The highest BCUT2D eigenvalue weighted by molar-refractivity contribution is 5.94. The van der Waals surface area contributed by atoms with E-state index in [1.165, 1.54) is 0 Å². The molecule has 28 heavy (non-hydrogen) atoms. The lowest BCUT2D eigenvalue weighted by atomic mass is 9.97. The number of carbonyl (C=O) groups is 1. The van der Waals surface area contributed by atoms with Gasteiger partial charge in [0.25, 0.3) is 5.91 Å². The number of alkyl halides is 3. The van der Waals surface area contributed by atoms with E-state index in [0.717, 1.165) is 50.8 Å². The standard InChI is InChI=1S/C20H22F3N3O2/c1-24-11-14-3-2-10-26(13-14)19(27)15-4-7-17(8-5-15)28-18-9-6-16(12-25-18)20(21,22)23/h4-9,12,14,24H,2-3,10-11,13H2,1H3. The first-order chi connectivity index (χ1) is 13.4. The Kier molecular flexibility index (Phi) is 6.18. The van der Waals surface area contributed by atoms with E-state index in [4.69, 9.17) is 4.74 Å². The van der Waals surface area contributed by atoms with Gasteiger partial charge in [0.2, 0.25) is 5.88 Å². The van der Waals surface area contributed by atoms with E-state index in [9.17, 15) is 18.0 Å². The zero-order chi connectivity index (χ0) is 20.1. The van der Waals surface area contributed by atoms with Crippen LogP contribution in [0.1, 0.15) is 28.8 Å². The first-order valence-electron chi connectivity index (χ1n) is 9.12. The first kappa shape index (κ1) is 20.1. The monoisotopic (exact) mass is 393 g/mol. The molecule has 1 atom stereocenters. The summed E-state index contributed by atoms with van der Waals surface area (Å²) in [5.41, 5.74) is -0.281. The lowest BCUT2D eigenvalue weighted by Crippen LogP contribution is -2.42. The normalized spacial score (nSPS) is 17.4. The van der Waals surface area contributed by atoms with Gasteiger partial charge in [-0.1, -0.05) is 0 Å². The van der Waals surface area contributed by atoms with E-state index in [2.05, 4.69) is 10.3 Å². The lowest BCUT2D eigenvalue weighted by Gasteiger charge is -2.32. The SMILES string of the molecule is CNCC1CCCN(C(=O)c2ccc(Oc3ccc(C(F)(F)F)cn3)cc2)C1. The van der Waals surface area contributed by atoms with Gasteiger partial charge in [-0.3, -0.25) is 4.79 Å². The largest absolute Gasteiger partial charge is 0.439 e. The molecule has 150 valence electrons. The van der Waals surface area contributed by atoms with Gasteiger partial charge in [-0.25, -0.2) is 4.98 Å². The molecule has 0 bridgehead atoms. The quantitative estimate of drug-likeness (QED) is 0.835. The minimum absolute atomic E-state index is 0.0278. The Balaban J connectivity index is 1.62. The summed E-state index contributed by atoms with van der Waals surface area (Å²) in [5.74, 6) is 0.879. The Morgan fingerprint density at radius 3 is 2.61 bits per heavy atom. The highest BCUT2D eigenvalue weighted by Crippen LogP contribution is 2.30. The molecular formula is C20H22F3N3O2. The van der Waals surface area contributed by atoms with E-state index in [1.54, 1.807) is 24.3 Å². The van der Waals surface area contributed by atoms with Crippen molar-refractivity contribution in [2.45, 2.75) is 19.0 Å². The van der Waals surface area contributed by atoms with Gasteiger partial charge in [0, 0.05) is 30.9 Å². The van der Waals surface area contributed by atoms with Crippen molar-refractivity contribution in [3.8, 4) is 11.6 Å². The third-order valence-corrected chi connectivity index (χ3v) is 4.69. The molecule has 1 aliphatic heterocycles. The van der Waals surface area contributed by atoms with Crippen LogP contribution in [0.15, 0.2) is 42.6 Å². The van der Waals surface area contributed by atoms with Crippen molar-refractivity contribution in [2.24, 2.45) is 5.92 Å². The van der Waals surface area contributed by atoms with E-state index in [-0.39, 0.29) is 11.8 Å². The van der Waals surface area contributed by atoms with E-state index in [0.29, 0.717) is 17.2 Å². The zero-order valence-corrected chi connectivity index (χ0v) is 15.5. The number of rotatable bonds is 5. The van der Waals surface area contributed by atoms with Crippen molar-refractivity contribution in [1.29, 1.82) is 0 Å². The molecule has 1 unspecified atom stereocenters. The maximum absolute atomic E-state index is 12.7. The highest BCUT2D eigenvalue weighted by atomic mass is 19.4. The number of halogens is 3. The summed E-state index contributed by atoms with van der Waals surface area (Å²) in [6, 6.07) is 8.62. The molecule has 8 heteroatoms. The van der Waals surface area contributed by atoms with Crippen molar-refractivity contribution < 1.29 is 22.7 Å². The predicted octanol–water partition coefficient (Wildman–Crippen LogP) is 3.96. The fourth-order valence-corrected chi connectivity index (χ4v) is 3.28. The number of nitrogens with one attached hydrogen (secondary N) is 1. The topological polar surface area (TPSA) is 54.5 Å². The summed E-state index contributed by atoms with van der Waals surface area (Å²) in [5, 5.41) is 3.16. The summed E-state index contributed by atoms with van der Waals surface area (Å²) in [7, 11) is 1.91. The molecule has 3 rings (SSSR count). The minimum Gasteiger partial charge on any atom is -0.439 e. The number of aromatic nitrogens is 1. The van der Waals surface area contributed by atoms with Gasteiger partial charge in [0.15, 0.2) is 0 Å². The minimum atomic E-state index is -4.44. The first-order valence-corrected chi connectivity index (χ1v) is 9.12.